The van der Waals surface area contributed by atoms with Gasteiger partial charge in [0, 0.05) is 28.8 Å². The minimum atomic E-state index is -0.632. The van der Waals surface area contributed by atoms with E-state index in [9.17, 15) is 19.2 Å². The van der Waals surface area contributed by atoms with Crippen LogP contribution < -0.4 is 5.32 Å². The SMILES string of the molecule is O=C1CCC(N2Cc3c(SCc4nc(C(=O)OC56CC7CC(CC(C7)C5)C6)cs4)cccc3C2=O)C(=O)N1. The summed E-state index contributed by atoms with van der Waals surface area (Å²) in [5, 5.41) is 4.97. The molecule has 5 fully saturated rings. The van der Waals surface area contributed by atoms with E-state index >= 15 is 0 Å². The molecule has 0 radical (unpaired) electrons. The molecule has 1 unspecified atom stereocenters. The summed E-state index contributed by atoms with van der Waals surface area (Å²) in [6, 6.07) is 4.98. The molecule has 3 heterocycles. The van der Waals surface area contributed by atoms with Crippen LogP contribution in [0.1, 0.15) is 82.8 Å². The number of carbonyl (C=O) groups excluding carboxylic acids is 4. The Morgan fingerprint density at radius 2 is 1.87 bits per heavy atom. The van der Waals surface area contributed by atoms with Gasteiger partial charge in [-0.1, -0.05) is 6.07 Å². The van der Waals surface area contributed by atoms with Crippen LogP contribution in [0.5, 0.6) is 0 Å². The van der Waals surface area contributed by atoms with Crippen LogP contribution in [-0.2, 0) is 26.6 Å². The van der Waals surface area contributed by atoms with E-state index in [2.05, 4.69) is 10.3 Å². The predicted molar refractivity (Wildman–Crippen MR) is 140 cm³/mol. The van der Waals surface area contributed by atoms with Crippen molar-refractivity contribution in [1.82, 2.24) is 15.2 Å². The van der Waals surface area contributed by atoms with Crippen LogP contribution in [0, 0.1) is 17.8 Å². The van der Waals surface area contributed by atoms with E-state index in [1.807, 2.05) is 12.1 Å². The van der Waals surface area contributed by atoms with Gasteiger partial charge >= 0.3 is 5.97 Å². The summed E-state index contributed by atoms with van der Waals surface area (Å²) in [4.78, 5) is 57.2. The first kappa shape index (κ1) is 24.3. The molecule has 1 N–H and O–H groups in total. The van der Waals surface area contributed by atoms with Crippen LogP contribution in [-0.4, -0.2) is 45.2 Å². The molecule has 1 atom stereocenters. The Bertz CT molecular complexity index is 1320. The van der Waals surface area contributed by atoms with Gasteiger partial charge in [0.15, 0.2) is 5.69 Å². The van der Waals surface area contributed by atoms with Gasteiger partial charge in [-0.2, -0.15) is 0 Å². The number of nitrogens with one attached hydrogen (secondary N) is 1. The summed E-state index contributed by atoms with van der Waals surface area (Å²) in [6.07, 6.45) is 7.49. The topological polar surface area (TPSA) is 106 Å². The fourth-order valence-corrected chi connectivity index (χ4v) is 9.57. The van der Waals surface area contributed by atoms with Crippen molar-refractivity contribution < 1.29 is 23.9 Å². The number of thioether (sulfide) groups is 1. The van der Waals surface area contributed by atoms with Gasteiger partial charge in [-0.05, 0) is 80.4 Å². The number of hydrogen-bond donors (Lipinski definition) is 1. The normalized spacial score (nSPS) is 31.5. The third-order valence-electron chi connectivity index (χ3n) is 8.94. The van der Waals surface area contributed by atoms with Gasteiger partial charge < -0.3 is 9.64 Å². The van der Waals surface area contributed by atoms with Gasteiger partial charge in [0.05, 0.1) is 5.75 Å². The highest BCUT2D eigenvalue weighted by Gasteiger charge is 2.53. The fraction of sp³-hybridized carbons (Fsp3) is 0.536. The molecule has 8 nitrogen and oxygen atoms in total. The van der Waals surface area contributed by atoms with Crippen molar-refractivity contribution in [3.8, 4) is 0 Å². The lowest BCUT2D eigenvalue weighted by Crippen LogP contribution is -2.52. The molecule has 4 saturated carbocycles. The Kier molecular flexibility index (Phi) is 5.88. The van der Waals surface area contributed by atoms with Crippen LogP contribution >= 0.6 is 23.1 Å². The van der Waals surface area contributed by atoms with E-state index in [-0.39, 0.29) is 29.8 Å². The third-order valence-corrected chi connectivity index (χ3v) is 11.1. The van der Waals surface area contributed by atoms with Crippen molar-refractivity contribution in [1.29, 1.82) is 0 Å². The number of hydrogen-bond acceptors (Lipinski definition) is 8. The average molecular weight is 552 g/mol. The van der Waals surface area contributed by atoms with E-state index in [4.69, 9.17) is 4.74 Å². The van der Waals surface area contributed by atoms with Crippen LogP contribution in [0.15, 0.2) is 28.5 Å². The molecule has 3 amide bonds. The van der Waals surface area contributed by atoms with E-state index in [1.54, 1.807) is 28.1 Å². The molecular weight excluding hydrogens is 522 g/mol. The van der Waals surface area contributed by atoms with Crippen molar-refractivity contribution in [2.24, 2.45) is 17.8 Å². The molecule has 2 aromatic rings. The molecule has 4 bridgehead atoms. The van der Waals surface area contributed by atoms with Gasteiger partial charge in [0.1, 0.15) is 16.7 Å². The van der Waals surface area contributed by atoms with Gasteiger partial charge in [-0.25, -0.2) is 9.78 Å². The number of esters is 1. The maximum Gasteiger partial charge on any atom is 0.358 e. The van der Waals surface area contributed by atoms with Crippen molar-refractivity contribution >= 4 is 46.8 Å². The zero-order chi connectivity index (χ0) is 26.0. The highest BCUT2D eigenvalue weighted by Crippen LogP contribution is 2.57. The predicted octanol–water partition coefficient (Wildman–Crippen LogP) is 4.32. The number of nitrogens with zero attached hydrogens (tertiary/aromatic N) is 2. The Morgan fingerprint density at radius 1 is 1.13 bits per heavy atom. The first-order chi connectivity index (χ1) is 18.4. The largest absolute Gasteiger partial charge is 0.454 e. The number of fused-ring (bicyclic) bond motifs is 1. The molecule has 10 heteroatoms. The summed E-state index contributed by atoms with van der Waals surface area (Å²) in [5.74, 6) is 1.51. The first-order valence-corrected chi connectivity index (χ1v) is 15.3. The molecule has 198 valence electrons. The Labute approximate surface area is 228 Å². The quantitative estimate of drug-likeness (QED) is 0.324. The van der Waals surface area contributed by atoms with Crippen molar-refractivity contribution in [3.05, 3.63) is 45.4 Å². The fourth-order valence-electron chi connectivity index (χ4n) is 7.71. The Morgan fingerprint density at radius 3 is 2.58 bits per heavy atom. The molecule has 4 aliphatic carbocycles. The molecule has 8 rings (SSSR count). The maximum atomic E-state index is 13.1. The first-order valence-electron chi connectivity index (χ1n) is 13.4. The Hall–Kier alpha value is -2.72. The van der Waals surface area contributed by atoms with E-state index in [1.165, 1.54) is 30.6 Å². The van der Waals surface area contributed by atoms with Crippen molar-refractivity contribution in [3.63, 3.8) is 0 Å². The summed E-state index contributed by atoms with van der Waals surface area (Å²) in [6.45, 7) is 0.337. The van der Waals surface area contributed by atoms with Crippen LogP contribution in [0.25, 0.3) is 0 Å². The van der Waals surface area contributed by atoms with Gasteiger partial charge in [0.2, 0.25) is 11.8 Å². The molecule has 1 aromatic carbocycles. The number of amides is 3. The molecule has 0 spiro atoms. The van der Waals surface area contributed by atoms with Crippen LogP contribution in [0.4, 0.5) is 0 Å². The lowest BCUT2D eigenvalue weighted by atomic mass is 9.54. The molecule has 6 aliphatic rings. The van der Waals surface area contributed by atoms with E-state index in [0.29, 0.717) is 47.7 Å². The second-order valence-electron chi connectivity index (χ2n) is 11.6. The second-order valence-corrected chi connectivity index (χ2v) is 13.5. The maximum absolute atomic E-state index is 13.1. The van der Waals surface area contributed by atoms with Crippen LogP contribution in [0.3, 0.4) is 0 Å². The molecular formula is C28H29N3O5S2. The number of benzene rings is 1. The second kappa shape index (κ2) is 9.19. The highest BCUT2D eigenvalue weighted by atomic mass is 32.2. The zero-order valence-corrected chi connectivity index (χ0v) is 22.6. The minimum Gasteiger partial charge on any atom is -0.454 e. The smallest absolute Gasteiger partial charge is 0.358 e. The Balaban J connectivity index is 1.01. The summed E-state index contributed by atoms with van der Waals surface area (Å²) in [5.41, 5.74) is 1.60. The molecule has 2 aliphatic heterocycles. The molecule has 1 aromatic heterocycles. The number of aromatic nitrogens is 1. The van der Waals surface area contributed by atoms with Crippen LogP contribution in [0.2, 0.25) is 0 Å². The zero-order valence-electron chi connectivity index (χ0n) is 20.9. The molecule has 1 saturated heterocycles. The number of carbonyl (C=O) groups is 4. The number of rotatable bonds is 6. The number of thiazole rings is 1. The van der Waals surface area contributed by atoms with Crippen molar-refractivity contribution in [2.45, 2.75) is 80.2 Å². The minimum absolute atomic E-state index is 0.180. The van der Waals surface area contributed by atoms with Gasteiger partial charge in [-0.15, -0.1) is 23.1 Å². The van der Waals surface area contributed by atoms with Crippen molar-refractivity contribution in [2.75, 3.05) is 0 Å². The summed E-state index contributed by atoms with van der Waals surface area (Å²) < 4.78 is 6.17. The number of ether oxygens (including phenoxy) is 1. The standard InChI is InChI=1S/C28H29N3O5S2/c32-23-5-4-21(25(33)30-23)31-12-19-18(26(31)34)2-1-3-22(19)37-14-24-29-20(13-38-24)27(35)36-28-9-15-6-16(10-28)8-17(7-15)11-28/h1-3,13,15-17,21H,4-12,14H2,(H,30,32,33). The summed E-state index contributed by atoms with van der Waals surface area (Å²) in [7, 11) is 0. The number of piperidine rings is 1. The summed E-state index contributed by atoms with van der Waals surface area (Å²) >= 11 is 3.03. The van der Waals surface area contributed by atoms with E-state index in [0.717, 1.165) is 34.7 Å². The highest BCUT2D eigenvalue weighted by molar-refractivity contribution is 7.98. The monoisotopic (exact) mass is 551 g/mol. The molecule has 38 heavy (non-hydrogen) atoms. The lowest BCUT2D eigenvalue weighted by molar-refractivity contribution is -0.137. The van der Waals surface area contributed by atoms with E-state index < -0.39 is 11.9 Å². The lowest BCUT2D eigenvalue weighted by Gasteiger charge is -2.55. The average Bonchev–Trinajstić information content (AvgIpc) is 3.47. The van der Waals surface area contributed by atoms with Gasteiger partial charge in [-0.3, -0.25) is 19.7 Å². The third kappa shape index (κ3) is 4.25. The van der Waals surface area contributed by atoms with Gasteiger partial charge in [0.25, 0.3) is 5.91 Å². The number of imide groups is 1.